The molecule has 0 saturated carbocycles. The van der Waals surface area contributed by atoms with Crippen molar-refractivity contribution in [3.63, 3.8) is 0 Å². The maximum absolute atomic E-state index is 13.0. The molecule has 0 aromatic heterocycles. The monoisotopic (exact) mass is 308 g/mol. The lowest BCUT2D eigenvalue weighted by molar-refractivity contribution is -0.137. The normalized spacial score (nSPS) is 11.2. The van der Waals surface area contributed by atoms with Crippen LogP contribution in [0.1, 0.15) is 31.8 Å². The average Bonchev–Trinajstić information content (AvgIpc) is 2.46. The van der Waals surface area contributed by atoms with E-state index in [0.717, 1.165) is 18.2 Å². The zero-order valence-corrected chi connectivity index (χ0v) is 11.1. The molecule has 0 radical (unpaired) electrons. The molecule has 0 unspecified atom stereocenters. The van der Waals surface area contributed by atoms with Crippen molar-refractivity contribution in [3.05, 3.63) is 64.7 Å². The number of hydrogen-bond donors (Lipinski definition) is 2. The molecule has 2 aromatic carbocycles. The molecule has 22 heavy (non-hydrogen) atoms. The highest BCUT2D eigenvalue weighted by molar-refractivity contribution is 6.14. The molecule has 0 aliphatic heterocycles. The quantitative estimate of drug-likeness (QED) is 0.675. The Kier molecular flexibility index (Phi) is 3.90. The predicted molar refractivity (Wildman–Crippen MR) is 74.2 cm³/mol. The van der Waals surface area contributed by atoms with Gasteiger partial charge in [0.1, 0.15) is 0 Å². The number of rotatable bonds is 3. The summed E-state index contributed by atoms with van der Waals surface area (Å²) in [6.07, 6.45) is -4.68. The summed E-state index contributed by atoms with van der Waals surface area (Å²) in [4.78, 5) is 23.5. The Morgan fingerprint density at radius 1 is 0.955 bits per heavy atom. The molecule has 4 N–H and O–H groups in total. The molecule has 0 aliphatic carbocycles. The van der Waals surface area contributed by atoms with E-state index in [-0.39, 0.29) is 16.8 Å². The molecule has 2 rings (SSSR count). The van der Waals surface area contributed by atoms with Gasteiger partial charge >= 0.3 is 6.18 Å². The van der Waals surface area contributed by atoms with Crippen molar-refractivity contribution in [3.8, 4) is 0 Å². The number of primary amides is 1. The minimum Gasteiger partial charge on any atom is -0.398 e. The van der Waals surface area contributed by atoms with Crippen molar-refractivity contribution in [2.45, 2.75) is 6.18 Å². The molecule has 1 amide bonds. The van der Waals surface area contributed by atoms with Crippen LogP contribution in [0.15, 0.2) is 42.5 Å². The maximum atomic E-state index is 13.0. The summed E-state index contributed by atoms with van der Waals surface area (Å²) in [7, 11) is 0. The van der Waals surface area contributed by atoms with Gasteiger partial charge in [0.25, 0.3) is 0 Å². The maximum Gasteiger partial charge on any atom is 0.417 e. The standard InChI is InChI=1S/C15H11F3N2O2/c16-15(17,18)11-4-2-1-3-9(11)13(21)10-7-8(14(20)22)5-6-12(10)19/h1-7H,19H2,(H2,20,22). The third-order valence-electron chi connectivity index (χ3n) is 3.06. The lowest BCUT2D eigenvalue weighted by Gasteiger charge is -2.13. The third-order valence-corrected chi connectivity index (χ3v) is 3.06. The summed E-state index contributed by atoms with van der Waals surface area (Å²) in [5.41, 5.74) is 8.88. The summed E-state index contributed by atoms with van der Waals surface area (Å²) in [5, 5.41) is 0. The number of alkyl halides is 3. The van der Waals surface area contributed by atoms with E-state index >= 15 is 0 Å². The van der Waals surface area contributed by atoms with E-state index in [0.29, 0.717) is 0 Å². The number of ketones is 1. The Bertz CT molecular complexity index is 755. The second-order valence-electron chi connectivity index (χ2n) is 4.54. The van der Waals surface area contributed by atoms with E-state index in [4.69, 9.17) is 11.5 Å². The van der Waals surface area contributed by atoms with Gasteiger partial charge in [0.05, 0.1) is 5.56 Å². The second kappa shape index (κ2) is 5.51. The first-order valence-electron chi connectivity index (χ1n) is 6.12. The lowest BCUT2D eigenvalue weighted by atomic mass is 9.95. The molecular formula is C15H11F3N2O2. The molecule has 0 spiro atoms. The van der Waals surface area contributed by atoms with Crippen LogP contribution in [-0.2, 0) is 6.18 Å². The molecule has 0 heterocycles. The van der Waals surface area contributed by atoms with Crippen LogP contribution in [0.25, 0.3) is 0 Å². The van der Waals surface area contributed by atoms with Gasteiger partial charge in [0.15, 0.2) is 5.78 Å². The highest BCUT2D eigenvalue weighted by Gasteiger charge is 2.35. The Morgan fingerprint density at radius 3 is 2.18 bits per heavy atom. The van der Waals surface area contributed by atoms with Gasteiger partial charge in [-0.05, 0) is 24.3 Å². The zero-order valence-electron chi connectivity index (χ0n) is 11.1. The van der Waals surface area contributed by atoms with Crippen molar-refractivity contribution in [1.82, 2.24) is 0 Å². The number of nitrogen functional groups attached to an aromatic ring is 1. The Balaban J connectivity index is 2.59. The van der Waals surface area contributed by atoms with Crippen molar-refractivity contribution in [2.24, 2.45) is 5.73 Å². The van der Waals surface area contributed by atoms with Crippen molar-refractivity contribution in [1.29, 1.82) is 0 Å². The van der Waals surface area contributed by atoms with Crippen LogP contribution < -0.4 is 11.5 Å². The first-order chi connectivity index (χ1) is 10.2. The molecule has 0 saturated heterocycles. The van der Waals surface area contributed by atoms with Gasteiger partial charge in [-0.3, -0.25) is 9.59 Å². The Hall–Kier alpha value is -2.83. The average molecular weight is 308 g/mol. The molecule has 114 valence electrons. The highest BCUT2D eigenvalue weighted by atomic mass is 19.4. The zero-order chi connectivity index (χ0) is 16.5. The third kappa shape index (κ3) is 2.93. The summed E-state index contributed by atoms with van der Waals surface area (Å²) in [6, 6.07) is 8.00. The van der Waals surface area contributed by atoms with Crippen molar-refractivity contribution in [2.75, 3.05) is 5.73 Å². The first kappa shape index (κ1) is 15.6. The van der Waals surface area contributed by atoms with Crippen LogP contribution in [0.2, 0.25) is 0 Å². The van der Waals surface area contributed by atoms with Crippen molar-refractivity contribution >= 4 is 17.4 Å². The summed E-state index contributed by atoms with van der Waals surface area (Å²) < 4.78 is 38.9. The first-order valence-corrected chi connectivity index (χ1v) is 6.12. The largest absolute Gasteiger partial charge is 0.417 e. The van der Waals surface area contributed by atoms with Gasteiger partial charge in [-0.15, -0.1) is 0 Å². The molecule has 4 nitrogen and oxygen atoms in total. The second-order valence-corrected chi connectivity index (χ2v) is 4.54. The van der Waals surface area contributed by atoms with Gasteiger partial charge < -0.3 is 11.5 Å². The fourth-order valence-corrected chi connectivity index (χ4v) is 1.98. The number of anilines is 1. The highest BCUT2D eigenvalue weighted by Crippen LogP contribution is 2.33. The smallest absolute Gasteiger partial charge is 0.398 e. The van der Waals surface area contributed by atoms with Crippen LogP contribution >= 0.6 is 0 Å². The lowest BCUT2D eigenvalue weighted by Crippen LogP contribution is -2.16. The summed E-state index contributed by atoms with van der Waals surface area (Å²) >= 11 is 0. The molecule has 0 bridgehead atoms. The van der Waals surface area contributed by atoms with E-state index < -0.39 is 29.0 Å². The summed E-state index contributed by atoms with van der Waals surface area (Å²) in [6.45, 7) is 0. The summed E-state index contributed by atoms with van der Waals surface area (Å²) in [5.74, 6) is -1.73. The number of hydrogen-bond acceptors (Lipinski definition) is 3. The van der Waals surface area contributed by atoms with E-state index in [1.807, 2.05) is 0 Å². The van der Waals surface area contributed by atoms with Crippen molar-refractivity contribution < 1.29 is 22.8 Å². The number of carbonyl (C=O) groups excluding carboxylic acids is 2. The van der Waals surface area contributed by atoms with Crippen LogP contribution in [0.4, 0.5) is 18.9 Å². The minimum absolute atomic E-state index is 0.0120. The molecule has 0 atom stereocenters. The number of carbonyl (C=O) groups is 2. The van der Waals surface area contributed by atoms with Crippen LogP contribution in [0.5, 0.6) is 0 Å². The van der Waals surface area contributed by atoms with E-state index in [1.165, 1.54) is 24.3 Å². The Labute approximate surface area is 123 Å². The molecule has 0 fully saturated rings. The predicted octanol–water partition coefficient (Wildman–Crippen LogP) is 2.62. The van der Waals surface area contributed by atoms with Gasteiger partial charge in [-0.1, -0.05) is 18.2 Å². The molecule has 0 aliphatic rings. The van der Waals surface area contributed by atoms with Gasteiger partial charge in [-0.25, -0.2) is 0 Å². The SMILES string of the molecule is NC(=O)c1ccc(N)c(C(=O)c2ccccc2C(F)(F)F)c1. The van der Waals surface area contributed by atoms with E-state index in [2.05, 4.69) is 0 Å². The number of nitrogens with two attached hydrogens (primary N) is 2. The van der Waals surface area contributed by atoms with Gasteiger partial charge in [-0.2, -0.15) is 13.2 Å². The number of benzene rings is 2. The van der Waals surface area contributed by atoms with Crippen LogP contribution in [-0.4, -0.2) is 11.7 Å². The van der Waals surface area contributed by atoms with Crippen LogP contribution in [0, 0.1) is 0 Å². The minimum atomic E-state index is -4.68. The van der Waals surface area contributed by atoms with Gasteiger partial charge in [0, 0.05) is 22.4 Å². The topological polar surface area (TPSA) is 86.2 Å². The number of halogens is 3. The molecule has 2 aromatic rings. The number of amides is 1. The fraction of sp³-hybridized carbons (Fsp3) is 0.0667. The fourth-order valence-electron chi connectivity index (χ4n) is 1.98. The molecular weight excluding hydrogens is 297 g/mol. The Morgan fingerprint density at radius 2 is 1.59 bits per heavy atom. The van der Waals surface area contributed by atoms with E-state index in [1.54, 1.807) is 0 Å². The molecule has 7 heteroatoms. The van der Waals surface area contributed by atoms with Crippen LogP contribution in [0.3, 0.4) is 0 Å². The van der Waals surface area contributed by atoms with E-state index in [9.17, 15) is 22.8 Å². The van der Waals surface area contributed by atoms with Gasteiger partial charge in [0.2, 0.25) is 5.91 Å².